The van der Waals surface area contributed by atoms with E-state index in [9.17, 15) is 9.59 Å². The van der Waals surface area contributed by atoms with Crippen LogP contribution in [0.4, 0.5) is 11.4 Å². The fourth-order valence-electron chi connectivity index (χ4n) is 3.44. The van der Waals surface area contributed by atoms with Crippen molar-refractivity contribution in [2.24, 2.45) is 0 Å². The highest BCUT2D eigenvalue weighted by Crippen LogP contribution is 2.31. The van der Waals surface area contributed by atoms with Crippen LogP contribution in [0.2, 0.25) is 5.02 Å². The summed E-state index contributed by atoms with van der Waals surface area (Å²) >= 11 is 6.12. The number of benzene rings is 3. The summed E-state index contributed by atoms with van der Waals surface area (Å²) in [4.78, 5) is 27.3. The largest absolute Gasteiger partial charge is 0.322 e. The van der Waals surface area contributed by atoms with Gasteiger partial charge in [0.15, 0.2) is 0 Å². The maximum absolute atomic E-state index is 13.0. The third-order valence-electron chi connectivity index (χ3n) is 4.85. The zero-order valence-electron chi connectivity index (χ0n) is 15.2. The molecule has 0 bridgehead atoms. The van der Waals surface area contributed by atoms with Crippen molar-refractivity contribution in [3.8, 4) is 0 Å². The van der Waals surface area contributed by atoms with E-state index in [1.165, 1.54) is 0 Å². The fourth-order valence-corrected chi connectivity index (χ4v) is 3.67. The number of fused-ring (bicyclic) bond motifs is 1. The van der Waals surface area contributed by atoms with Crippen LogP contribution in [0, 0.1) is 0 Å². The molecule has 3 aromatic carbocycles. The first-order valence-electron chi connectivity index (χ1n) is 9.19. The zero-order valence-corrected chi connectivity index (χ0v) is 15.9. The van der Waals surface area contributed by atoms with Gasteiger partial charge in [0.25, 0.3) is 11.8 Å². The lowest BCUT2D eigenvalue weighted by molar-refractivity contribution is 0.0984. The molecule has 0 spiro atoms. The average molecular weight is 391 g/mol. The molecule has 0 saturated carbocycles. The van der Waals surface area contributed by atoms with Crippen LogP contribution >= 0.6 is 11.6 Å². The summed E-state index contributed by atoms with van der Waals surface area (Å²) in [5.74, 6) is -0.307. The molecule has 0 fully saturated rings. The third kappa shape index (κ3) is 3.64. The van der Waals surface area contributed by atoms with Gasteiger partial charge in [-0.1, -0.05) is 48.0 Å². The van der Waals surface area contributed by atoms with E-state index in [1.54, 1.807) is 29.2 Å². The lowest BCUT2D eigenvalue weighted by atomic mass is 10.00. The summed E-state index contributed by atoms with van der Waals surface area (Å²) in [6.07, 6.45) is 1.82. The predicted molar refractivity (Wildman–Crippen MR) is 112 cm³/mol. The fraction of sp³-hybridized carbons (Fsp3) is 0.130. The molecule has 1 heterocycles. The molecule has 0 aliphatic carbocycles. The van der Waals surface area contributed by atoms with E-state index in [1.807, 2.05) is 48.5 Å². The topological polar surface area (TPSA) is 49.4 Å². The highest BCUT2D eigenvalue weighted by molar-refractivity contribution is 6.34. The lowest BCUT2D eigenvalue weighted by Gasteiger charge is -2.30. The second-order valence-electron chi connectivity index (χ2n) is 6.70. The molecule has 0 saturated heterocycles. The number of carbonyl (C=O) groups is 2. The Morgan fingerprint density at radius 1 is 0.929 bits per heavy atom. The van der Waals surface area contributed by atoms with Gasteiger partial charge in [0.2, 0.25) is 0 Å². The van der Waals surface area contributed by atoms with Crippen LogP contribution in [0.5, 0.6) is 0 Å². The van der Waals surface area contributed by atoms with Crippen molar-refractivity contribution in [2.45, 2.75) is 12.8 Å². The molecule has 5 heteroatoms. The Kier molecular flexibility index (Phi) is 5.13. The molecule has 4 nitrogen and oxygen atoms in total. The van der Waals surface area contributed by atoms with E-state index in [0.717, 1.165) is 24.1 Å². The number of nitrogens with one attached hydrogen (secondary N) is 1. The number of amides is 2. The van der Waals surface area contributed by atoms with Gasteiger partial charge in [-0.25, -0.2) is 0 Å². The van der Waals surface area contributed by atoms with Gasteiger partial charge in [0.05, 0.1) is 10.6 Å². The van der Waals surface area contributed by atoms with E-state index in [2.05, 4.69) is 5.32 Å². The Labute approximate surface area is 168 Å². The molecule has 1 aliphatic heterocycles. The SMILES string of the molecule is O=C(Nc1ccc2c(c1)N(C(=O)c1ccccc1)CCC2)c1ccccc1Cl. The van der Waals surface area contributed by atoms with E-state index < -0.39 is 0 Å². The molecule has 3 aromatic rings. The van der Waals surface area contributed by atoms with Crippen LogP contribution in [-0.4, -0.2) is 18.4 Å². The van der Waals surface area contributed by atoms with E-state index in [-0.39, 0.29) is 11.8 Å². The molecular formula is C23H19ClN2O2. The minimum absolute atomic E-state index is 0.0314. The first-order valence-corrected chi connectivity index (χ1v) is 9.57. The van der Waals surface area contributed by atoms with Gasteiger partial charge in [0.1, 0.15) is 0 Å². The van der Waals surface area contributed by atoms with Crippen molar-refractivity contribution in [1.82, 2.24) is 0 Å². The maximum atomic E-state index is 13.0. The Hall–Kier alpha value is -3.11. The smallest absolute Gasteiger partial charge is 0.258 e. The van der Waals surface area contributed by atoms with E-state index in [4.69, 9.17) is 11.6 Å². The standard InChI is InChI=1S/C23H19ClN2O2/c24-20-11-5-4-10-19(20)22(27)25-18-13-12-16-9-6-14-26(21(16)15-18)23(28)17-7-2-1-3-8-17/h1-5,7-8,10-13,15H,6,9,14H2,(H,25,27). The van der Waals surface area contributed by atoms with Crippen LogP contribution in [0.15, 0.2) is 72.8 Å². The summed E-state index contributed by atoms with van der Waals surface area (Å²) in [6.45, 7) is 0.655. The van der Waals surface area contributed by atoms with Gasteiger partial charge in [-0.3, -0.25) is 9.59 Å². The zero-order chi connectivity index (χ0) is 19.5. The maximum Gasteiger partial charge on any atom is 0.258 e. The van der Waals surface area contributed by atoms with Crippen molar-refractivity contribution >= 4 is 34.8 Å². The lowest BCUT2D eigenvalue weighted by Crippen LogP contribution is -2.35. The summed E-state index contributed by atoms with van der Waals surface area (Å²) in [7, 11) is 0. The van der Waals surface area contributed by atoms with Crippen molar-refractivity contribution in [3.05, 3.63) is 94.5 Å². The molecule has 1 N–H and O–H groups in total. The van der Waals surface area contributed by atoms with Crippen molar-refractivity contribution in [3.63, 3.8) is 0 Å². The molecule has 28 heavy (non-hydrogen) atoms. The number of aryl methyl sites for hydroxylation is 1. The van der Waals surface area contributed by atoms with Crippen LogP contribution < -0.4 is 10.2 Å². The van der Waals surface area contributed by atoms with Gasteiger partial charge >= 0.3 is 0 Å². The van der Waals surface area contributed by atoms with Crippen LogP contribution in [0.3, 0.4) is 0 Å². The van der Waals surface area contributed by atoms with Crippen molar-refractivity contribution in [1.29, 1.82) is 0 Å². The average Bonchev–Trinajstić information content (AvgIpc) is 2.73. The van der Waals surface area contributed by atoms with Gasteiger partial charge in [-0.05, 0) is 54.8 Å². The minimum atomic E-state index is -0.276. The molecular weight excluding hydrogens is 372 g/mol. The summed E-state index contributed by atoms with van der Waals surface area (Å²) in [5.41, 5.74) is 3.65. The van der Waals surface area contributed by atoms with Crippen LogP contribution in [0.25, 0.3) is 0 Å². The number of rotatable bonds is 3. The minimum Gasteiger partial charge on any atom is -0.322 e. The molecule has 140 valence electrons. The number of anilines is 2. The van der Waals surface area contributed by atoms with Gasteiger partial charge < -0.3 is 10.2 Å². The van der Waals surface area contributed by atoms with E-state index in [0.29, 0.717) is 28.4 Å². The van der Waals surface area contributed by atoms with Gasteiger partial charge in [0, 0.05) is 23.5 Å². The molecule has 0 atom stereocenters. The molecule has 0 radical (unpaired) electrons. The number of hydrogen-bond donors (Lipinski definition) is 1. The quantitative estimate of drug-likeness (QED) is 0.669. The molecule has 0 unspecified atom stereocenters. The molecule has 0 aromatic heterocycles. The van der Waals surface area contributed by atoms with Gasteiger partial charge in [-0.15, -0.1) is 0 Å². The first kappa shape index (κ1) is 18.3. The Bertz CT molecular complexity index is 1030. The highest BCUT2D eigenvalue weighted by Gasteiger charge is 2.24. The highest BCUT2D eigenvalue weighted by atomic mass is 35.5. The van der Waals surface area contributed by atoms with Gasteiger partial charge in [-0.2, -0.15) is 0 Å². The predicted octanol–water partition coefficient (Wildman–Crippen LogP) is 5.19. The van der Waals surface area contributed by atoms with Crippen molar-refractivity contribution in [2.75, 3.05) is 16.8 Å². The van der Waals surface area contributed by atoms with Crippen LogP contribution in [0.1, 0.15) is 32.7 Å². The second-order valence-corrected chi connectivity index (χ2v) is 7.11. The number of hydrogen-bond acceptors (Lipinski definition) is 2. The normalized spacial score (nSPS) is 13.0. The Morgan fingerprint density at radius 2 is 1.68 bits per heavy atom. The van der Waals surface area contributed by atoms with E-state index >= 15 is 0 Å². The number of nitrogens with zero attached hydrogens (tertiary/aromatic N) is 1. The molecule has 4 rings (SSSR count). The van der Waals surface area contributed by atoms with Crippen LogP contribution in [-0.2, 0) is 6.42 Å². The number of carbonyl (C=O) groups excluding carboxylic acids is 2. The molecule has 1 aliphatic rings. The summed E-state index contributed by atoms with van der Waals surface area (Å²) < 4.78 is 0. The summed E-state index contributed by atoms with van der Waals surface area (Å²) in [6, 6.07) is 21.9. The monoisotopic (exact) mass is 390 g/mol. The molecule has 2 amide bonds. The Morgan fingerprint density at radius 3 is 2.46 bits per heavy atom. The Balaban J connectivity index is 1.62. The number of halogens is 1. The third-order valence-corrected chi connectivity index (χ3v) is 5.18. The first-order chi connectivity index (χ1) is 13.6. The second kappa shape index (κ2) is 7.87. The van der Waals surface area contributed by atoms with Crippen molar-refractivity contribution < 1.29 is 9.59 Å². The summed E-state index contributed by atoms with van der Waals surface area (Å²) in [5, 5.41) is 3.29.